The van der Waals surface area contributed by atoms with Crippen molar-refractivity contribution in [3.63, 3.8) is 0 Å². The Morgan fingerprint density at radius 3 is 2.58 bits per heavy atom. The first-order chi connectivity index (χ1) is 8.99. The minimum absolute atomic E-state index is 0.225. The van der Waals surface area contributed by atoms with Crippen LogP contribution in [0.2, 0.25) is 0 Å². The maximum atomic E-state index is 5.69. The monoisotopic (exact) mass is 264 g/mol. The van der Waals surface area contributed by atoms with Crippen LogP contribution in [-0.4, -0.2) is 37.2 Å². The molecule has 0 saturated heterocycles. The molecular weight excluding hydrogens is 236 g/mol. The molecule has 0 atom stereocenters. The first kappa shape index (κ1) is 16.0. The van der Waals surface area contributed by atoms with Crippen molar-refractivity contribution in [1.29, 1.82) is 0 Å². The molecule has 0 heterocycles. The number of rotatable bonds is 8. The molecule has 0 aliphatic rings. The SMILES string of the molecule is CC(C)Oc1cccc(CNCCN(C)C(C)C)c1. The highest BCUT2D eigenvalue weighted by Gasteiger charge is 2.02. The molecule has 0 aromatic heterocycles. The van der Waals surface area contributed by atoms with Gasteiger partial charge in [0, 0.05) is 25.7 Å². The van der Waals surface area contributed by atoms with E-state index in [0.29, 0.717) is 6.04 Å². The molecule has 1 aromatic rings. The quantitative estimate of drug-likeness (QED) is 0.731. The molecule has 0 aliphatic carbocycles. The topological polar surface area (TPSA) is 24.5 Å². The van der Waals surface area contributed by atoms with Crippen molar-refractivity contribution in [3.05, 3.63) is 29.8 Å². The Kier molecular flexibility index (Phi) is 6.89. The predicted molar refractivity (Wildman–Crippen MR) is 81.7 cm³/mol. The highest BCUT2D eigenvalue weighted by Crippen LogP contribution is 2.14. The van der Waals surface area contributed by atoms with E-state index in [-0.39, 0.29) is 6.10 Å². The molecule has 19 heavy (non-hydrogen) atoms. The number of hydrogen-bond acceptors (Lipinski definition) is 3. The summed E-state index contributed by atoms with van der Waals surface area (Å²) in [5.74, 6) is 0.952. The maximum absolute atomic E-state index is 5.69. The van der Waals surface area contributed by atoms with Gasteiger partial charge in [0.25, 0.3) is 0 Å². The van der Waals surface area contributed by atoms with E-state index >= 15 is 0 Å². The van der Waals surface area contributed by atoms with Crippen molar-refractivity contribution in [2.24, 2.45) is 0 Å². The first-order valence-corrected chi connectivity index (χ1v) is 7.15. The third-order valence-electron chi connectivity index (χ3n) is 3.12. The number of nitrogens with one attached hydrogen (secondary N) is 1. The Balaban J connectivity index is 2.33. The molecule has 0 amide bonds. The van der Waals surface area contributed by atoms with Crippen LogP contribution in [0.25, 0.3) is 0 Å². The summed E-state index contributed by atoms with van der Waals surface area (Å²) in [4.78, 5) is 2.34. The van der Waals surface area contributed by atoms with E-state index in [4.69, 9.17) is 4.74 Å². The van der Waals surface area contributed by atoms with Gasteiger partial charge in [-0.25, -0.2) is 0 Å². The first-order valence-electron chi connectivity index (χ1n) is 7.15. The Morgan fingerprint density at radius 2 is 1.95 bits per heavy atom. The summed E-state index contributed by atoms with van der Waals surface area (Å²) in [6, 6.07) is 8.90. The van der Waals surface area contributed by atoms with Crippen LogP contribution in [0.1, 0.15) is 33.3 Å². The van der Waals surface area contributed by atoms with Crippen molar-refractivity contribution >= 4 is 0 Å². The van der Waals surface area contributed by atoms with Crippen molar-refractivity contribution < 1.29 is 4.74 Å². The lowest BCUT2D eigenvalue weighted by atomic mass is 10.2. The van der Waals surface area contributed by atoms with Gasteiger partial charge in [-0.05, 0) is 52.4 Å². The zero-order chi connectivity index (χ0) is 14.3. The summed E-state index contributed by atoms with van der Waals surface area (Å²) in [7, 11) is 2.16. The van der Waals surface area contributed by atoms with Crippen molar-refractivity contribution in [2.45, 2.75) is 46.4 Å². The Morgan fingerprint density at radius 1 is 1.21 bits per heavy atom. The van der Waals surface area contributed by atoms with Gasteiger partial charge in [0.2, 0.25) is 0 Å². The zero-order valence-electron chi connectivity index (χ0n) is 12.9. The predicted octanol–water partition coefficient (Wildman–Crippen LogP) is 2.90. The molecule has 1 aromatic carbocycles. The number of hydrogen-bond donors (Lipinski definition) is 1. The lowest BCUT2D eigenvalue weighted by Gasteiger charge is -2.21. The average Bonchev–Trinajstić information content (AvgIpc) is 2.34. The minimum atomic E-state index is 0.225. The Labute approximate surface area is 118 Å². The number of nitrogens with zero attached hydrogens (tertiary/aromatic N) is 1. The highest BCUT2D eigenvalue weighted by molar-refractivity contribution is 5.28. The molecule has 1 N–H and O–H groups in total. The average molecular weight is 264 g/mol. The standard InChI is InChI=1S/C16H28N2O/c1-13(2)18(5)10-9-17-12-15-7-6-8-16(11-15)19-14(3)4/h6-8,11,13-14,17H,9-10,12H2,1-5H3. The smallest absolute Gasteiger partial charge is 0.120 e. The molecule has 0 unspecified atom stereocenters. The summed E-state index contributed by atoms with van der Waals surface area (Å²) in [5, 5.41) is 3.47. The molecule has 3 nitrogen and oxygen atoms in total. The maximum Gasteiger partial charge on any atom is 0.120 e. The second kappa shape index (κ2) is 8.18. The van der Waals surface area contributed by atoms with E-state index in [0.717, 1.165) is 25.4 Å². The summed E-state index contributed by atoms with van der Waals surface area (Å²) >= 11 is 0. The lowest BCUT2D eigenvalue weighted by molar-refractivity contribution is 0.242. The Bertz CT molecular complexity index is 364. The van der Waals surface area contributed by atoms with Gasteiger partial charge in [0.1, 0.15) is 5.75 Å². The largest absolute Gasteiger partial charge is 0.491 e. The third kappa shape index (κ3) is 6.60. The van der Waals surface area contributed by atoms with Crippen molar-refractivity contribution in [3.8, 4) is 5.75 Å². The van der Waals surface area contributed by atoms with Gasteiger partial charge < -0.3 is 15.0 Å². The molecule has 0 aliphatic heterocycles. The van der Waals surface area contributed by atoms with Crippen LogP contribution < -0.4 is 10.1 Å². The molecule has 0 radical (unpaired) electrons. The molecule has 1 rings (SSSR count). The van der Waals surface area contributed by atoms with Gasteiger partial charge in [0.05, 0.1) is 6.10 Å². The lowest BCUT2D eigenvalue weighted by Crippen LogP contribution is -2.33. The van der Waals surface area contributed by atoms with Gasteiger partial charge in [0.15, 0.2) is 0 Å². The van der Waals surface area contributed by atoms with Gasteiger partial charge in [-0.3, -0.25) is 0 Å². The second-order valence-electron chi connectivity index (χ2n) is 5.57. The normalized spacial score (nSPS) is 11.6. The molecule has 3 heteroatoms. The van der Waals surface area contributed by atoms with Crippen LogP contribution in [0.3, 0.4) is 0 Å². The van der Waals surface area contributed by atoms with Crippen LogP contribution in [0.5, 0.6) is 5.75 Å². The Hall–Kier alpha value is -1.06. The fraction of sp³-hybridized carbons (Fsp3) is 0.625. The second-order valence-corrected chi connectivity index (χ2v) is 5.57. The van der Waals surface area contributed by atoms with E-state index < -0.39 is 0 Å². The number of likely N-dealkylation sites (N-methyl/N-ethyl adjacent to an activating group) is 1. The van der Waals surface area contributed by atoms with Gasteiger partial charge >= 0.3 is 0 Å². The fourth-order valence-electron chi connectivity index (χ4n) is 1.75. The van der Waals surface area contributed by atoms with Crippen LogP contribution in [0, 0.1) is 0 Å². The van der Waals surface area contributed by atoms with Gasteiger partial charge in [-0.15, -0.1) is 0 Å². The van der Waals surface area contributed by atoms with E-state index in [9.17, 15) is 0 Å². The summed E-state index contributed by atoms with van der Waals surface area (Å²) in [6.45, 7) is 11.5. The van der Waals surface area contributed by atoms with Crippen molar-refractivity contribution in [2.75, 3.05) is 20.1 Å². The number of ether oxygens (including phenoxy) is 1. The summed E-state index contributed by atoms with van der Waals surface area (Å²) in [6.07, 6.45) is 0.225. The van der Waals surface area contributed by atoms with E-state index in [1.807, 2.05) is 19.9 Å². The van der Waals surface area contributed by atoms with Gasteiger partial charge in [-0.2, -0.15) is 0 Å². The molecule has 108 valence electrons. The summed E-state index contributed by atoms with van der Waals surface area (Å²) < 4.78 is 5.69. The molecule has 0 saturated carbocycles. The molecule has 0 bridgehead atoms. The van der Waals surface area contributed by atoms with E-state index in [2.05, 4.69) is 49.3 Å². The molecule has 0 spiro atoms. The zero-order valence-corrected chi connectivity index (χ0v) is 12.9. The van der Waals surface area contributed by atoms with Gasteiger partial charge in [-0.1, -0.05) is 12.1 Å². The molecular formula is C16H28N2O. The van der Waals surface area contributed by atoms with E-state index in [1.54, 1.807) is 0 Å². The van der Waals surface area contributed by atoms with Crippen LogP contribution in [0.4, 0.5) is 0 Å². The van der Waals surface area contributed by atoms with E-state index in [1.165, 1.54) is 5.56 Å². The third-order valence-corrected chi connectivity index (χ3v) is 3.12. The minimum Gasteiger partial charge on any atom is -0.491 e. The number of benzene rings is 1. The van der Waals surface area contributed by atoms with Crippen molar-refractivity contribution in [1.82, 2.24) is 10.2 Å². The highest BCUT2D eigenvalue weighted by atomic mass is 16.5. The van der Waals surface area contributed by atoms with Crippen LogP contribution in [0.15, 0.2) is 24.3 Å². The fourth-order valence-corrected chi connectivity index (χ4v) is 1.75. The molecule has 0 fully saturated rings. The summed E-state index contributed by atoms with van der Waals surface area (Å²) in [5.41, 5.74) is 1.27. The van der Waals surface area contributed by atoms with Crippen LogP contribution in [-0.2, 0) is 6.54 Å². The van der Waals surface area contributed by atoms with Crippen LogP contribution >= 0.6 is 0 Å².